The Hall–Kier alpha value is -1.40. The molecule has 0 spiro atoms. The van der Waals surface area contributed by atoms with Gasteiger partial charge in [-0.05, 0) is 25.5 Å². The lowest BCUT2D eigenvalue weighted by Crippen LogP contribution is -2.28. The Balaban J connectivity index is 1.95. The number of amides is 1. The first-order chi connectivity index (χ1) is 9.11. The first-order valence-corrected chi connectivity index (χ1v) is 7.13. The molecule has 1 amide bonds. The summed E-state index contributed by atoms with van der Waals surface area (Å²) in [6, 6.07) is 3.07. The number of rotatable bonds is 5. The molecule has 2 rings (SSSR count). The Kier molecular flexibility index (Phi) is 4.55. The fraction of sp³-hybridized carbons (Fsp3) is 0.538. The number of carboxylic acid groups (broad SMARTS) is 1. The molecule has 1 atom stereocenters. The average Bonchev–Trinajstić information content (AvgIpc) is 3.04. The topological polar surface area (TPSA) is 66.8 Å². The molecule has 104 valence electrons. The molecule has 1 fully saturated rings. The van der Waals surface area contributed by atoms with Gasteiger partial charge in [-0.1, -0.05) is 0 Å². The standard InChI is InChI=1S/C13H17NO4S/c1-2-18-8-9-5-6-14(7-9)12(15)10-3-4-11(19-10)13(16)17/h3-4,9H,2,5-8H2,1H3,(H,16,17)/t9-/m0/s1. The Morgan fingerprint density at radius 3 is 2.84 bits per heavy atom. The van der Waals surface area contributed by atoms with Gasteiger partial charge in [-0.3, -0.25) is 4.79 Å². The highest BCUT2D eigenvalue weighted by atomic mass is 32.1. The highest BCUT2D eigenvalue weighted by Crippen LogP contribution is 2.23. The summed E-state index contributed by atoms with van der Waals surface area (Å²) in [5.41, 5.74) is 0. The third kappa shape index (κ3) is 3.33. The minimum Gasteiger partial charge on any atom is -0.477 e. The maximum Gasteiger partial charge on any atom is 0.345 e. The third-order valence-electron chi connectivity index (χ3n) is 3.16. The lowest BCUT2D eigenvalue weighted by molar-refractivity contribution is 0.0701. The molecule has 0 aliphatic carbocycles. The lowest BCUT2D eigenvalue weighted by Gasteiger charge is -2.15. The van der Waals surface area contributed by atoms with E-state index >= 15 is 0 Å². The maximum absolute atomic E-state index is 12.2. The molecule has 0 radical (unpaired) electrons. The number of carboxylic acids is 1. The summed E-state index contributed by atoms with van der Waals surface area (Å²) in [6.07, 6.45) is 0.947. The van der Waals surface area contributed by atoms with Crippen LogP contribution in [0.25, 0.3) is 0 Å². The fourth-order valence-electron chi connectivity index (χ4n) is 2.16. The molecule has 1 aromatic rings. The number of carbonyl (C=O) groups is 2. The number of aromatic carboxylic acids is 1. The van der Waals surface area contributed by atoms with E-state index in [1.165, 1.54) is 6.07 Å². The summed E-state index contributed by atoms with van der Waals surface area (Å²) >= 11 is 1.03. The van der Waals surface area contributed by atoms with E-state index in [1.807, 2.05) is 6.92 Å². The molecule has 0 bridgehead atoms. The Morgan fingerprint density at radius 1 is 1.47 bits per heavy atom. The van der Waals surface area contributed by atoms with Crippen molar-refractivity contribution in [2.75, 3.05) is 26.3 Å². The van der Waals surface area contributed by atoms with Gasteiger partial charge in [0.25, 0.3) is 5.91 Å². The van der Waals surface area contributed by atoms with Crippen LogP contribution in [-0.2, 0) is 4.74 Å². The smallest absolute Gasteiger partial charge is 0.345 e. The highest BCUT2D eigenvalue weighted by Gasteiger charge is 2.28. The van der Waals surface area contributed by atoms with Crippen molar-refractivity contribution in [1.29, 1.82) is 0 Å². The van der Waals surface area contributed by atoms with Gasteiger partial charge in [-0.2, -0.15) is 0 Å². The van der Waals surface area contributed by atoms with Gasteiger partial charge in [0.2, 0.25) is 0 Å². The predicted molar refractivity (Wildman–Crippen MR) is 71.8 cm³/mol. The summed E-state index contributed by atoms with van der Waals surface area (Å²) in [7, 11) is 0. The zero-order chi connectivity index (χ0) is 13.8. The van der Waals surface area contributed by atoms with Crippen LogP contribution in [0.2, 0.25) is 0 Å². The quantitative estimate of drug-likeness (QED) is 0.897. The van der Waals surface area contributed by atoms with Crippen molar-refractivity contribution >= 4 is 23.2 Å². The summed E-state index contributed by atoms with van der Waals surface area (Å²) < 4.78 is 5.37. The average molecular weight is 283 g/mol. The van der Waals surface area contributed by atoms with E-state index in [4.69, 9.17) is 9.84 Å². The highest BCUT2D eigenvalue weighted by molar-refractivity contribution is 7.15. The molecule has 0 saturated carbocycles. The van der Waals surface area contributed by atoms with Crippen LogP contribution in [0.5, 0.6) is 0 Å². The second-order valence-corrected chi connectivity index (χ2v) is 5.62. The van der Waals surface area contributed by atoms with Gasteiger partial charge >= 0.3 is 5.97 Å². The number of carbonyl (C=O) groups excluding carboxylic acids is 1. The molecule has 5 nitrogen and oxygen atoms in total. The zero-order valence-corrected chi connectivity index (χ0v) is 11.6. The molecule has 1 aromatic heterocycles. The molecule has 1 aliphatic heterocycles. The van der Waals surface area contributed by atoms with Crippen molar-refractivity contribution in [1.82, 2.24) is 4.90 Å². The van der Waals surface area contributed by atoms with E-state index < -0.39 is 5.97 Å². The molecule has 1 N–H and O–H groups in total. The van der Waals surface area contributed by atoms with Crippen molar-refractivity contribution in [3.05, 3.63) is 21.9 Å². The Labute approximate surface area is 115 Å². The van der Waals surface area contributed by atoms with Crippen LogP contribution in [0.4, 0.5) is 0 Å². The normalized spacial score (nSPS) is 18.8. The van der Waals surface area contributed by atoms with Crippen molar-refractivity contribution in [2.24, 2.45) is 5.92 Å². The summed E-state index contributed by atoms with van der Waals surface area (Å²) in [6.45, 7) is 4.75. The molecule has 19 heavy (non-hydrogen) atoms. The fourth-order valence-corrected chi connectivity index (χ4v) is 2.97. The molecule has 0 unspecified atom stereocenters. The van der Waals surface area contributed by atoms with Gasteiger partial charge in [0.05, 0.1) is 11.5 Å². The maximum atomic E-state index is 12.2. The van der Waals surface area contributed by atoms with E-state index in [1.54, 1.807) is 11.0 Å². The van der Waals surface area contributed by atoms with E-state index in [0.717, 1.165) is 24.3 Å². The van der Waals surface area contributed by atoms with Crippen LogP contribution in [0.3, 0.4) is 0 Å². The third-order valence-corrected chi connectivity index (χ3v) is 4.22. The van der Waals surface area contributed by atoms with Gasteiger partial charge in [-0.15, -0.1) is 11.3 Å². The van der Waals surface area contributed by atoms with Crippen LogP contribution in [-0.4, -0.2) is 48.2 Å². The number of hydrogen-bond donors (Lipinski definition) is 1. The number of nitrogens with zero attached hydrogens (tertiary/aromatic N) is 1. The summed E-state index contributed by atoms with van der Waals surface area (Å²) in [5, 5.41) is 8.85. The van der Waals surface area contributed by atoms with E-state index in [2.05, 4.69) is 0 Å². The lowest BCUT2D eigenvalue weighted by atomic mass is 10.1. The van der Waals surface area contributed by atoms with Crippen LogP contribution in [0, 0.1) is 5.92 Å². The number of ether oxygens (including phenoxy) is 1. The van der Waals surface area contributed by atoms with Gasteiger partial charge in [0.15, 0.2) is 0 Å². The zero-order valence-electron chi connectivity index (χ0n) is 10.8. The molecule has 1 saturated heterocycles. The summed E-state index contributed by atoms with van der Waals surface area (Å²) in [4.78, 5) is 25.5. The predicted octanol–water partition coefficient (Wildman–Crippen LogP) is 1.94. The molecule has 6 heteroatoms. The van der Waals surface area contributed by atoms with Crippen LogP contribution in [0.15, 0.2) is 12.1 Å². The Morgan fingerprint density at radius 2 is 2.21 bits per heavy atom. The van der Waals surface area contributed by atoms with Crippen molar-refractivity contribution in [2.45, 2.75) is 13.3 Å². The van der Waals surface area contributed by atoms with E-state index in [9.17, 15) is 9.59 Å². The molecule has 1 aliphatic rings. The van der Waals surface area contributed by atoms with Gasteiger partial charge in [0, 0.05) is 25.6 Å². The largest absolute Gasteiger partial charge is 0.477 e. The summed E-state index contributed by atoms with van der Waals surface area (Å²) in [5.74, 6) is -0.668. The SMILES string of the molecule is CCOC[C@H]1CCN(C(=O)c2ccc(C(=O)O)s2)C1. The van der Waals surface area contributed by atoms with Crippen molar-refractivity contribution in [3.63, 3.8) is 0 Å². The van der Waals surface area contributed by atoms with Crippen LogP contribution < -0.4 is 0 Å². The van der Waals surface area contributed by atoms with Crippen molar-refractivity contribution in [3.8, 4) is 0 Å². The first kappa shape index (κ1) is 14.0. The number of thiophene rings is 1. The molecule has 0 aromatic carbocycles. The van der Waals surface area contributed by atoms with Crippen LogP contribution in [0.1, 0.15) is 32.7 Å². The van der Waals surface area contributed by atoms with E-state index in [-0.39, 0.29) is 10.8 Å². The second kappa shape index (κ2) is 6.16. The molecule has 2 heterocycles. The number of hydrogen-bond acceptors (Lipinski definition) is 4. The van der Waals surface area contributed by atoms with Gasteiger partial charge < -0.3 is 14.7 Å². The van der Waals surface area contributed by atoms with Gasteiger partial charge in [0.1, 0.15) is 4.88 Å². The Bertz CT molecular complexity index is 471. The van der Waals surface area contributed by atoms with Crippen LogP contribution >= 0.6 is 11.3 Å². The molecular weight excluding hydrogens is 266 g/mol. The minimum absolute atomic E-state index is 0.0727. The monoisotopic (exact) mass is 283 g/mol. The first-order valence-electron chi connectivity index (χ1n) is 6.32. The number of likely N-dealkylation sites (tertiary alicyclic amines) is 1. The van der Waals surface area contributed by atoms with Gasteiger partial charge in [-0.25, -0.2) is 4.79 Å². The minimum atomic E-state index is -0.986. The van der Waals surface area contributed by atoms with E-state index in [0.29, 0.717) is 30.6 Å². The second-order valence-electron chi connectivity index (χ2n) is 4.53. The molecular formula is C13H17NO4S. The van der Waals surface area contributed by atoms with Crippen molar-refractivity contribution < 1.29 is 19.4 Å².